The lowest BCUT2D eigenvalue weighted by Gasteiger charge is -2.27. The molecule has 0 saturated carbocycles. The molecule has 2 rings (SSSR count). The van der Waals surface area contributed by atoms with Crippen molar-refractivity contribution in [2.75, 3.05) is 0 Å². The van der Waals surface area contributed by atoms with E-state index in [4.69, 9.17) is 9.94 Å². The second-order valence-corrected chi connectivity index (χ2v) is 5.81. The Kier molecular flexibility index (Phi) is 4.39. The summed E-state index contributed by atoms with van der Waals surface area (Å²) in [6.45, 7) is 4.33. The van der Waals surface area contributed by atoms with Crippen molar-refractivity contribution in [1.82, 2.24) is 4.90 Å². The van der Waals surface area contributed by atoms with Crippen LogP contribution in [0.3, 0.4) is 0 Å². The van der Waals surface area contributed by atoms with Gasteiger partial charge in [0.25, 0.3) is 5.91 Å². The van der Waals surface area contributed by atoms with Gasteiger partial charge in [0.1, 0.15) is 0 Å². The molecule has 108 valence electrons. The first-order valence-corrected chi connectivity index (χ1v) is 7.16. The van der Waals surface area contributed by atoms with Gasteiger partial charge in [-0.25, -0.2) is 4.79 Å². The molecule has 1 N–H and O–H groups in total. The molecule has 20 heavy (non-hydrogen) atoms. The molecule has 0 aromatic carbocycles. The number of carbonyl (C=O) groups excluding carboxylic acids is 1. The van der Waals surface area contributed by atoms with E-state index < -0.39 is 12.1 Å². The van der Waals surface area contributed by atoms with Gasteiger partial charge in [-0.15, -0.1) is 11.3 Å². The molecule has 0 aliphatic carbocycles. The minimum Gasteiger partial charge on any atom is -0.477 e. The van der Waals surface area contributed by atoms with E-state index in [9.17, 15) is 9.59 Å². The van der Waals surface area contributed by atoms with Crippen LogP contribution in [0.5, 0.6) is 0 Å². The summed E-state index contributed by atoms with van der Waals surface area (Å²) >= 11 is 1.58. The van der Waals surface area contributed by atoms with E-state index >= 15 is 0 Å². The second-order valence-electron chi connectivity index (χ2n) is 4.78. The third kappa shape index (κ3) is 3.16. The molecule has 0 bridgehead atoms. The van der Waals surface area contributed by atoms with Crippen LogP contribution in [-0.4, -0.2) is 39.7 Å². The summed E-state index contributed by atoms with van der Waals surface area (Å²) in [5.74, 6) is -1.37. The van der Waals surface area contributed by atoms with E-state index in [-0.39, 0.29) is 24.1 Å². The van der Waals surface area contributed by atoms with Crippen LogP contribution in [0.2, 0.25) is 0 Å². The van der Waals surface area contributed by atoms with E-state index in [0.29, 0.717) is 6.54 Å². The number of oxime groups is 1. The molecule has 1 aromatic heterocycles. The van der Waals surface area contributed by atoms with Crippen molar-refractivity contribution >= 4 is 28.9 Å². The molecule has 7 heteroatoms. The number of carboxylic acids is 1. The van der Waals surface area contributed by atoms with Crippen LogP contribution in [0.25, 0.3) is 0 Å². The number of thiophene rings is 1. The molecule has 6 nitrogen and oxygen atoms in total. The van der Waals surface area contributed by atoms with Crippen LogP contribution < -0.4 is 0 Å². The van der Waals surface area contributed by atoms with Crippen LogP contribution in [0, 0.1) is 0 Å². The fourth-order valence-corrected chi connectivity index (χ4v) is 2.61. The maximum atomic E-state index is 12.4. The Morgan fingerprint density at radius 3 is 2.85 bits per heavy atom. The summed E-state index contributed by atoms with van der Waals surface area (Å²) < 4.78 is 0. The summed E-state index contributed by atoms with van der Waals surface area (Å²) in [5, 5.41) is 14.2. The first-order chi connectivity index (χ1) is 9.49. The number of rotatable bonds is 5. The smallest absolute Gasteiger partial charge is 0.353 e. The average molecular weight is 296 g/mol. The zero-order valence-electron chi connectivity index (χ0n) is 11.3. The van der Waals surface area contributed by atoms with Crippen LogP contribution >= 0.6 is 11.3 Å². The number of carbonyl (C=O) groups is 2. The molecule has 0 saturated heterocycles. The first-order valence-electron chi connectivity index (χ1n) is 6.28. The Labute approximate surface area is 120 Å². The predicted molar refractivity (Wildman–Crippen MR) is 74.6 cm³/mol. The van der Waals surface area contributed by atoms with Crippen molar-refractivity contribution in [3.63, 3.8) is 0 Å². The number of amides is 1. The van der Waals surface area contributed by atoms with Crippen molar-refractivity contribution < 1.29 is 19.5 Å². The number of hydrogen-bond donors (Lipinski definition) is 1. The summed E-state index contributed by atoms with van der Waals surface area (Å²) in [7, 11) is 0. The number of nitrogens with zero attached hydrogens (tertiary/aromatic N) is 2. The molecule has 0 fully saturated rings. The van der Waals surface area contributed by atoms with Gasteiger partial charge < -0.3 is 14.8 Å². The van der Waals surface area contributed by atoms with Gasteiger partial charge in [-0.05, 0) is 25.3 Å². The Morgan fingerprint density at radius 2 is 2.35 bits per heavy atom. The highest BCUT2D eigenvalue weighted by atomic mass is 32.1. The molecule has 2 heterocycles. The molecule has 0 spiro atoms. The van der Waals surface area contributed by atoms with Crippen molar-refractivity contribution in [3.8, 4) is 0 Å². The van der Waals surface area contributed by atoms with Gasteiger partial charge in [0.2, 0.25) is 6.10 Å². The molecule has 1 unspecified atom stereocenters. The molecule has 1 aromatic rings. The van der Waals surface area contributed by atoms with Crippen molar-refractivity contribution in [2.24, 2.45) is 5.16 Å². The van der Waals surface area contributed by atoms with Crippen LogP contribution in [0.4, 0.5) is 0 Å². The molecular weight excluding hydrogens is 280 g/mol. The van der Waals surface area contributed by atoms with Crippen LogP contribution in [0.15, 0.2) is 22.7 Å². The maximum Gasteiger partial charge on any atom is 0.353 e. The highest BCUT2D eigenvalue weighted by Crippen LogP contribution is 2.19. The maximum absolute atomic E-state index is 12.4. The number of hydrogen-bond acceptors (Lipinski definition) is 5. The van der Waals surface area contributed by atoms with Gasteiger partial charge >= 0.3 is 5.97 Å². The van der Waals surface area contributed by atoms with Crippen LogP contribution in [0.1, 0.15) is 25.1 Å². The van der Waals surface area contributed by atoms with Gasteiger partial charge in [-0.1, -0.05) is 11.2 Å². The molecule has 1 amide bonds. The largest absolute Gasteiger partial charge is 0.477 e. The average Bonchev–Trinajstić information content (AvgIpc) is 3.06. The molecular formula is C13H16N2O4S. The second kappa shape index (κ2) is 6.04. The van der Waals surface area contributed by atoms with E-state index in [2.05, 4.69) is 5.16 Å². The fourth-order valence-electron chi connectivity index (χ4n) is 1.91. The summed E-state index contributed by atoms with van der Waals surface area (Å²) in [4.78, 5) is 30.9. The van der Waals surface area contributed by atoms with Crippen molar-refractivity contribution in [1.29, 1.82) is 0 Å². The van der Waals surface area contributed by atoms with Gasteiger partial charge in [0, 0.05) is 17.3 Å². The fraction of sp³-hybridized carbons (Fsp3) is 0.462. The van der Waals surface area contributed by atoms with E-state index in [1.807, 2.05) is 31.4 Å². The monoisotopic (exact) mass is 296 g/mol. The lowest BCUT2D eigenvalue weighted by Crippen LogP contribution is -2.43. The molecule has 0 radical (unpaired) electrons. The van der Waals surface area contributed by atoms with Gasteiger partial charge in [0.05, 0.1) is 6.54 Å². The quantitative estimate of drug-likeness (QED) is 0.897. The van der Waals surface area contributed by atoms with Gasteiger partial charge in [0.15, 0.2) is 5.71 Å². The van der Waals surface area contributed by atoms with E-state index in [1.165, 1.54) is 0 Å². The third-order valence-corrected chi connectivity index (χ3v) is 3.87. The number of aliphatic carboxylic acids is 1. The lowest BCUT2D eigenvalue weighted by atomic mass is 10.1. The van der Waals surface area contributed by atoms with Crippen molar-refractivity contribution in [3.05, 3.63) is 22.4 Å². The Bertz CT molecular complexity index is 524. The molecule has 1 aliphatic rings. The summed E-state index contributed by atoms with van der Waals surface area (Å²) in [5.41, 5.74) is -0.108. The molecule has 1 aliphatic heterocycles. The SMILES string of the molecule is CC(C)N(Cc1cccs1)C(=O)C1CC(C(=O)O)=NO1. The minimum atomic E-state index is -1.14. The van der Waals surface area contributed by atoms with Crippen LogP contribution in [-0.2, 0) is 21.0 Å². The Hall–Kier alpha value is -1.89. The van der Waals surface area contributed by atoms with Crippen molar-refractivity contribution in [2.45, 2.75) is 39.0 Å². The van der Waals surface area contributed by atoms with E-state index in [1.54, 1.807) is 16.2 Å². The van der Waals surface area contributed by atoms with E-state index in [0.717, 1.165) is 4.88 Å². The summed E-state index contributed by atoms with van der Waals surface area (Å²) in [6, 6.07) is 3.89. The zero-order valence-corrected chi connectivity index (χ0v) is 12.1. The minimum absolute atomic E-state index is 0.00192. The third-order valence-electron chi connectivity index (χ3n) is 3.00. The highest BCUT2D eigenvalue weighted by molar-refractivity contribution is 7.09. The Balaban J connectivity index is 2.03. The molecule has 1 atom stereocenters. The normalized spacial score (nSPS) is 17.8. The number of carboxylic acid groups (broad SMARTS) is 1. The highest BCUT2D eigenvalue weighted by Gasteiger charge is 2.35. The standard InChI is InChI=1S/C13H16N2O4S/c1-8(2)15(7-9-4-3-5-20-9)12(16)11-6-10(13(17)18)14-19-11/h3-5,8,11H,6-7H2,1-2H3,(H,17,18). The topological polar surface area (TPSA) is 79.2 Å². The zero-order chi connectivity index (χ0) is 14.7. The first kappa shape index (κ1) is 14.5. The summed E-state index contributed by atoms with van der Waals surface area (Å²) in [6.07, 6.45) is -0.814. The lowest BCUT2D eigenvalue weighted by molar-refractivity contribution is -0.144. The van der Waals surface area contributed by atoms with Gasteiger partial charge in [-0.3, -0.25) is 4.79 Å². The predicted octanol–water partition coefficient (Wildman–Crippen LogP) is 1.71. The van der Waals surface area contributed by atoms with Gasteiger partial charge in [-0.2, -0.15) is 0 Å². The Morgan fingerprint density at radius 1 is 1.60 bits per heavy atom.